The molecule has 4 bridgehead atoms. The first-order chi connectivity index (χ1) is 27.7. The van der Waals surface area contributed by atoms with Crippen LogP contribution >= 0.6 is 11.8 Å². The van der Waals surface area contributed by atoms with Gasteiger partial charge in [0.2, 0.25) is 0 Å². The Kier molecular flexibility index (Phi) is 17.9. The van der Waals surface area contributed by atoms with Crippen LogP contribution in [0.3, 0.4) is 0 Å². The standard InChI is InChI=1S/C11H19BO2.C10H22BNO2.C9H19BO2S.C9H17B.C7H15BO2/c1-10(2)7-5-8(10)11(3)9(6-7)13-12(4)14-11;1-9(2)7-12(6)8-10(3,4)14-11(5)13-9;1-8(2)6-13-7-9(3,4)12-10(5)11-8;1-10-8-4-2-5-9(10)7-3-6-8;1-6(2)7(3,4)10-8(5)9-6/h7-9H,5-6H2,1-4H3;7-8H2,1-6H3;6-7H2,1-5H3;8-9H,2-7H2,1H3;1-5H3. The molecule has 6 heterocycles. The van der Waals surface area contributed by atoms with Crippen LogP contribution in [0.1, 0.15) is 155 Å². The minimum atomic E-state index is -0.160. The van der Waals surface area contributed by atoms with Crippen LogP contribution in [0.2, 0.25) is 45.7 Å². The number of thioether (sulfide) groups is 1. The van der Waals surface area contributed by atoms with Gasteiger partial charge in [0.15, 0.2) is 0 Å². The lowest BCUT2D eigenvalue weighted by molar-refractivity contribution is -0.199. The smallest absolute Gasteiger partial charge is 0.406 e. The second kappa shape index (κ2) is 20.3. The van der Waals surface area contributed by atoms with E-state index in [9.17, 15) is 0 Å². The van der Waals surface area contributed by atoms with Gasteiger partial charge in [-0.25, -0.2) is 0 Å². The molecule has 0 aromatic rings. The summed E-state index contributed by atoms with van der Waals surface area (Å²) in [6.07, 6.45) is 12.1. The summed E-state index contributed by atoms with van der Waals surface area (Å²) < 4.78 is 46.1. The number of hydrogen-bond acceptors (Lipinski definition) is 10. The van der Waals surface area contributed by atoms with E-state index in [1.807, 2.05) is 39.1 Å². The van der Waals surface area contributed by atoms with E-state index >= 15 is 0 Å². The van der Waals surface area contributed by atoms with E-state index in [-0.39, 0.29) is 67.7 Å². The maximum Gasteiger partial charge on any atom is 0.454 e. The van der Waals surface area contributed by atoms with E-state index in [1.165, 1.54) is 51.4 Å². The first-order valence-electron chi connectivity index (χ1n) is 24.3. The molecule has 15 heteroatoms. The van der Waals surface area contributed by atoms with Gasteiger partial charge >= 0.3 is 28.5 Å². The molecule has 9 aliphatic rings. The molecule has 350 valence electrons. The molecular formula is C46H92B5NO8S. The third-order valence-corrected chi connectivity index (χ3v) is 17.2. The Balaban J connectivity index is 0.000000169. The lowest BCUT2D eigenvalue weighted by Gasteiger charge is -2.64. The Morgan fingerprint density at radius 3 is 1.25 bits per heavy atom. The lowest BCUT2D eigenvalue weighted by Crippen LogP contribution is -2.65. The van der Waals surface area contributed by atoms with Gasteiger partial charge in [-0.15, -0.1) is 0 Å². The molecule has 61 heavy (non-hydrogen) atoms. The van der Waals surface area contributed by atoms with Crippen molar-refractivity contribution in [2.75, 3.05) is 31.6 Å². The summed E-state index contributed by atoms with van der Waals surface area (Å²) in [6, 6.07) is 0. The topological polar surface area (TPSA) is 77.1 Å². The molecule has 0 N–H and O–H groups in total. The number of rotatable bonds is 0. The van der Waals surface area contributed by atoms with Crippen molar-refractivity contribution in [3.8, 4) is 0 Å². The average Bonchev–Trinajstić information content (AvgIpc) is 3.45. The van der Waals surface area contributed by atoms with Crippen LogP contribution in [0.15, 0.2) is 0 Å². The van der Waals surface area contributed by atoms with E-state index in [4.69, 9.17) is 37.2 Å². The maximum atomic E-state index is 6.02. The molecular weight excluding hydrogens is 781 g/mol. The summed E-state index contributed by atoms with van der Waals surface area (Å²) >= 11 is 1.89. The highest BCUT2D eigenvalue weighted by Gasteiger charge is 2.67. The van der Waals surface area contributed by atoms with E-state index in [0.717, 1.165) is 48.9 Å². The molecule has 3 saturated carbocycles. The van der Waals surface area contributed by atoms with Gasteiger partial charge in [0.25, 0.3) is 0 Å². The molecule has 3 aliphatic carbocycles. The van der Waals surface area contributed by atoms with Crippen LogP contribution in [0, 0.1) is 17.3 Å². The number of hydrogen-bond donors (Lipinski definition) is 0. The summed E-state index contributed by atoms with van der Waals surface area (Å²) in [5.41, 5.74) is -0.258. The van der Waals surface area contributed by atoms with Crippen molar-refractivity contribution >= 4 is 46.9 Å². The van der Waals surface area contributed by atoms with E-state index in [1.54, 1.807) is 0 Å². The van der Waals surface area contributed by atoms with Crippen molar-refractivity contribution in [3.05, 3.63) is 0 Å². The summed E-state index contributed by atoms with van der Waals surface area (Å²) in [5, 5.41) is 0. The van der Waals surface area contributed by atoms with Gasteiger partial charge in [0, 0.05) is 24.6 Å². The number of nitrogens with zero attached hydrogens (tertiary/aromatic N) is 1. The van der Waals surface area contributed by atoms with Crippen LogP contribution in [0.4, 0.5) is 0 Å². The van der Waals surface area contributed by atoms with Gasteiger partial charge in [-0.3, -0.25) is 0 Å². The average molecular weight is 873 g/mol. The highest BCUT2D eigenvalue weighted by molar-refractivity contribution is 7.99. The molecule has 9 fully saturated rings. The molecule has 6 saturated heterocycles. The van der Waals surface area contributed by atoms with Gasteiger partial charge in [-0.1, -0.05) is 70.8 Å². The van der Waals surface area contributed by atoms with Gasteiger partial charge < -0.3 is 42.1 Å². The summed E-state index contributed by atoms with van der Waals surface area (Å²) in [6.45, 7) is 45.4. The molecule has 6 aliphatic heterocycles. The van der Waals surface area contributed by atoms with Crippen molar-refractivity contribution in [1.82, 2.24) is 4.90 Å². The zero-order chi connectivity index (χ0) is 46.2. The molecule has 0 spiro atoms. The fraction of sp³-hybridized carbons (Fsp3) is 1.00. The Bertz CT molecular complexity index is 1310. The first kappa shape index (κ1) is 53.9. The van der Waals surface area contributed by atoms with Crippen LogP contribution < -0.4 is 0 Å². The number of likely N-dealkylation sites (N-methyl/N-ethyl adjacent to an activating group) is 1. The zero-order valence-corrected chi connectivity index (χ0v) is 44.2. The molecule has 0 radical (unpaired) electrons. The third-order valence-electron chi connectivity index (χ3n) is 15.4. The molecule has 4 unspecified atom stereocenters. The number of fused-ring (bicyclic) bond motifs is 2. The molecule has 9 rings (SSSR count). The molecule has 0 amide bonds. The fourth-order valence-electron chi connectivity index (χ4n) is 12.1. The molecule has 9 nitrogen and oxygen atoms in total. The molecule has 0 aromatic heterocycles. The van der Waals surface area contributed by atoms with Crippen molar-refractivity contribution < 1.29 is 37.2 Å². The SMILES string of the molecule is CB1C2CCCC1CCC2.CB1OC(C)(C)C(C)(C)O1.CB1OC(C)(C)CN(C)CC(C)(C)O1.CB1OC(C)(C)CSCC(C)(C)O1.CB1OC2CC3CC(C3(C)C)C2(C)O1. The fourth-order valence-corrected chi connectivity index (χ4v) is 13.3. The van der Waals surface area contributed by atoms with Gasteiger partial charge in [-0.2, -0.15) is 11.8 Å². The summed E-state index contributed by atoms with van der Waals surface area (Å²) in [7, 11) is 1.80. The minimum Gasteiger partial charge on any atom is -0.406 e. The maximum absolute atomic E-state index is 6.02. The van der Waals surface area contributed by atoms with Crippen LogP contribution in [-0.4, -0.2) is 117 Å². The monoisotopic (exact) mass is 874 g/mol. The highest BCUT2D eigenvalue weighted by atomic mass is 32.2. The minimum absolute atomic E-state index is 0.000139. The van der Waals surface area contributed by atoms with Crippen LogP contribution in [0.5, 0.6) is 0 Å². The first-order valence-corrected chi connectivity index (χ1v) is 25.5. The van der Waals surface area contributed by atoms with Crippen LogP contribution in [0.25, 0.3) is 0 Å². The second-order valence-electron chi connectivity index (χ2n) is 24.4. The van der Waals surface area contributed by atoms with Gasteiger partial charge in [-0.05, 0) is 154 Å². The van der Waals surface area contributed by atoms with E-state index in [0.29, 0.717) is 17.4 Å². The predicted molar refractivity (Wildman–Crippen MR) is 263 cm³/mol. The lowest BCUT2D eigenvalue weighted by atomic mass is 9.29. The Morgan fingerprint density at radius 1 is 0.492 bits per heavy atom. The van der Waals surface area contributed by atoms with Crippen molar-refractivity contribution in [3.63, 3.8) is 0 Å². The molecule has 0 aromatic carbocycles. The predicted octanol–water partition coefficient (Wildman–Crippen LogP) is 11.4. The largest absolute Gasteiger partial charge is 0.454 e. The summed E-state index contributed by atoms with van der Waals surface area (Å²) in [5.74, 6) is 5.86. The van der Waals surface area contributed by atoms with Crippen molar-refractivity contribution in [1.29, 1.82) is 0 Å². The highest BCUT2D eigenvalue weighted by Crippen LogP contribution is 2.65. The zero-order valence-electron chi connectivity index (χ0n) is 43.4. The van der Waals surface area contributed by atoms with Gasteiger partial charge in [0.05, 0.1) is 45.3 Å². The van der Waals surface area contributed by atoms with Crippen LogP contribution in [-0.2, 0) is 37.2 Å². The summed E-state index contributed by atoms with van der Waals surface area (Å²) in [4.78, 5) is 2.26. The van der Waals surface area contributed by atoms with E-state index < -0.39 is 0 Å². The van der Waals surface area contributed by atoms with Crippen molar-refractivity contribution in [2.24, 2.45) is 17.3 Å². The van der Waals surface area contributed by atoms with Gasteiger partial charge in [0.1, 0.15) is 6.71 Å². The quantitative estimate of drug-likeness (QED) is 0.220. The Hall–Kier alpha value is 0.315. The second-order valence-corrected chi connectivity index (χ2v) is 25.4. The third kappa shape index (κ3) is 14.7. The van der Waals surface area contributed by atoms with Crippen molar-refractivity contribution in [2.45, 2.75) is 246 Å². The molecule has 4 atom stereocenters. The normalized spacial score (nSPS) is 36.1. The Labute approximate surface area is 382 Å². The Morgan fingerprint density at radius 2 is 0.885 bits per heavy atom. The van der Waals surface area contributed by atoms with E-state index in [2.05, 4.69) is 123 Å².